The molecule has 7 heteroatoms. The number of nitrogens with one attached hydrogen (secondary N) is 1. The van der Waals surface area contributed by atoms with Gasteiger partial charge in [-0.3, -0.25) is 4.79 Å². The van der Waals surface area contributed by atoms with Crippen LogP contribution in [0.2, 0.25) is 0 Å². The first-order valence-electron chi connectivity index (χ1n) is 9.60. The van der Waals surface area contributed by atoms with Crippen molar-refractivity contribution in [3.8, 4) is 11.5 Å². The van der Waals surface area contributed by atoms with E-state index in [1.165, 1.54) is 11.4 Å². The van der Waals surface area contributed by atoms with E-state index < -0.39 is 10.0 Å². The number of hydrogen-bond acceptors (Lipinski definition) is 4. The Balaban J connectivity index is 1.54. The second-order valence-corrected chi connectivity index (χ2v) is 8.75. The van der Waals surface area contributed by atoms with E-state index >= 15 is 0 Å². The lowest BCUT2D eigenvalue weighted by Gasteiger charge is -2.17. The van der Waals surface area contributed by atoms with Crippen molar-refractivity contribution in [1.82, 2.24) is 4.31 Å². The molecule has 0 aliphatic rings. The Morgan fingerprint density at radius 1 is 0.900 bits per heavy atom. The molecule has 1 amide bonds. The predicted molar refractivity (Wildman–Crippen MR) is 117 cm³/mol. The standard InChI is InChI=1S/C23H24N2O4S/c1-25(30(27,28)20-13-6-3-7-14-20)18-10-17-23(26)24-21-15-8-9-16-22(21)29-19-11-4-2-5-12-19/h2-9,11-16H,10,17-18H2,1H3,(H,24,26). The molecule has 0 aliphatic carbocycles. The third kappa shape index (κ3) is 5.68. The molecular weight excluding hydrogens is 400 g/mol. The van der Waals surface area contributed by atoms with E-state index in [0.717, 1.165) is 0 Å². The quantitative estimate of drug-likeness (QED) is 0.548. The van der Waals surface area contributed by atoms with Gasteiger partial charge >= 0.3 is 0 Å². The van der Waals surface area contributed by atoms with Gasteiger partial charge < -0.3 is 10.1 Å². The molecule has 6 nitrogen and oxygen atoms in total. The van der Waals surface area contributed by atoms with Crippen LogP contribution in [0.3, 0.4) is 0 Å². The maximum atomic E-state index is 12.5. The highest BCUT2D eigenvalue weighted by molar-refractivity contribution is 7.89. The number of anilines is 1. The molecule has 0 aliphatic heterocycles. The van der Waals surface area contributed by atoms with Crippen molar-refractivity contribution in [1.29, 1.82) is 0 Å². The molecule has 3 rings (SSSR count). The summed E-state index contributed by atoms with van der Waals surface area (Å²) in [7, 11) is -2.04. The van der Waals surface area contributed by atoms with E-state index in [0.29, 0.717) is 23.6 Å². The third-order valence-electron chi connectivity index (χ3n) is 4.46. The van der Waals surface area contributed by atoms with Crippen LogP contribution in [-0.4, -0.2) is 32.2 Å². The van der Waals surface area contributed by atoms with Crippen LogP contribution >= 0.6 is 0 Å². The van der Waals surface area contributed by atoms with Gasteiger partial charge in [0.25, 0.3) is 0 Å². The monoisotopic (exact) mass is 424 g/mol. The SMILES string of the molecule is CN(CCCC(=O)Nc1ccccc1Oc1ccccc1)S(=O)(=O)c1ccccc1. The van der Waals surface area contributed by atoms with Crippen molar-refractivity contribution in [3.63, 3.8) is 0 Å². The van der Waals surface area contributed by atoms with Crippen LogP contribution in [0.25, 0.3) is 0 Å². The zero-order valence-electron chi connectivity index (χ0n) is 16.7. The minimum Gasteiger partial charge on any atom is -0.455 e. The number of rotatable bonds is 9. The van der Waals surface area contributed by atoms with Crippen molar-refractivity contribution in [3.05, 3.63) is 84.9 Å². The van der Waals surface area contributed by atoms with Crippen LogP contribution in [0.4, 0.5) is 5.69 Å². The smallest absolute Gasteiger partial charge is 0.242 e. The first kappa shape index (κ1) is 21.5. The number of ether oxygens (including phenoxy) is 1. The molecule has 30 heavy (non-hydrogen) atoms. The van der Waals surface area contributed by atoms with Crippen LogP contribution in [0.5, 0.6) is 11.5 Å². The molecule has 0 unspecified atom stereocenters. The number of benzene rings is 3. The normalized spacial score (nSPS) is 11.3. The van der Waals surface area contributed by atoms with E-state index in [9.17, 15) is 13.2 Å². The lowest BCUT2D eigenvalue weighted by Crippen LogP contribution is -2.28. The van der Waals surface area contributed by atoms with Gasteiger partial charge in [0.1, 0.15) is 5.75 Å². The van der Waals surface area contributed by atoms with E-state index in [2.05, 4.69) is 5.32 Å². The van der Waals surface area contributed by atoms with Crippen LogP contribution in [0.1, 0.15) is 12.8 Å². The van der Waals surface area contributed by atoms with Crippen molar-refractivity contribution in [2.24, 2.45) is 0 Å². The number of carbonyl (C=O) groups is 1. The van der Waals surface area contributed by atoms with Gasteiger partial charge in [-0.2, -0.15) is 0 Å². The summed E-state index contributed by atoms with van der Waals surface area (Å²) < 4.78 is 32.2. The largest absolute Gasteiger partial charge is 0.455 e. The number of carbonyl (C=O) groups excluding carboxylic acids is 1. The number of nitrogens with zero attached hydrogens (tertiary/aromatic N) is 1. The Morgan fingerprint density at radius 3 is 2.20 bits per heavy atom. The van der Waals surface area contributed by atoms with E-state index in [1.807, 2.05) is 42.5 Å². The molecule has 0 atom stereocenters. The van der Waals surface area contributed by atoms with Crippen molar-refractivity contribution in [2.45, 2.75) is 17.7 Å². The number of hydrogen-bond donors (Lipinski definition) is 1. The second kappa shape index (κ2) is 10.0. The fraction of sp³-hybridized carbons (Fsp3) is 0.174. The van der Waals surface area contributed by atoms with E-state index in [4.69, 9.17) is 4.74 Å². The lowest BCUT2D eigenvalue weighted by molar-refractivity contribution is -0.116. The van der Waals surface area contributed by atoms with Gasteiger partial charge in [-0.1, -0.05) is 48.5 Å². The number of para-hydroxylation sites is 3. The predicted octanol–water partition coefficient (Wildman–Crippen LogP) is 4.52. The average molecular weight is 425 g/mol. The minimum absolute atomic E-state index is 0.189. The summed E-state index contributed by atoms with van der Waals surface area (Å²) >= 11 is 0. The van der Waals surface area contributed by atoms with Crippen molar-refractivity contribution < 1.29 is 17.9 Å². The van der Waals surface area contributed by atoms with Crippen LogP contribution in [-0.2, 0) is 14.8 Å². The molecule has 3 aromatic rings. The van der Waals surface area contributed by atoms with Gasteiger partial charge in [0.2, 0.25) is 15.9 Å². The van der Waals surface area contributed by atoms with Gasteiger partial charge in [0.05, 0.1) is 10.6 Å². The minimum atomic E-state index is -3.56. The summed E-state index contributed by atoms with van der Waals surface area (Å²) in [6.45, 7) is 0.243. The first-order chi connectivity index (χ1) is 14.5. The molecule has 0 saturated carbocycles. The molecule has 1 N–H and O–H groups in total. The second-order valence-electron chi connectivity index (χ2n) is 6.70. The van der Waals surface area contributed by atoms with Crippen LogP contribution in [0, 0.1) is 0 Å². The number of sulfonamides is 1. The average Bonchev–Trinajstić information content (AvgIpc) is 2.76. The summed E-state index contributed by atoms with van der Waals surface area (Å²) in [6, 6.07) is 24.8. The zero-order chi connectivity index (χ0) is 21.4. The fourth-order valence-electron chi connectivity index (χ4n) is 2.84. The molecule has 0 aromatic heterocycles. The Kier molecular flexibility index (Phi) is 7.21. The van der Waals surface area contributed by atoms with Crippen molar-refractivity contribution in [2.75, 3.05) is 18.9 Å². The van der Waals surface area contributed by atoms with Gasteiger partial charge in [-0.05, 0) is 42.8 Å². The Morgan fingerprint density at radius 2 is 1.50 bits per heavy atom. The highest BCUT2D eigenvalue weighted by Gasteiger charge is 2.20. The number of amides is 1. The highest BCUT2D eigenvalue weighted by atomic mass is 32.2. The maximum Gasteiger partial charge on any atom is 0.242 e. The molecule has 0 spiro atoms. The summed E-state index contributed by atoms with van der Waals surface area (Å²) in [5, 5.41) is 2.84. The van der Waals surface area contributed by atoms with E-state index in [-0.39, 0.29) is 23.8 Å². The molecule has 0 heterocycles. The highest BCUT2D eigenvalue weighted by Crippen LogP contribution is 2.29. The third-order valence-corrected chi connectivity index (χ3v) is 6.33. The molecular formula is C23H24N2O4S. The lowest BCUT2D eigenvalue weighted by atomic mass is 10.2. The molecule has 0 saturated heterocycles. The Labute approximate surface area is 177 Å². The van der Waals surface area contributed by atoms with E-state index in [1.54, 1.807) is 42.5 Å². The Bertz CT molecular complexity index is 1070. The van der Waals surface area contributed by atoms with Crippen molar-refractivity contribution >= 4 is 21.6 Å². The summed E-state index contributed by atoms with van der Waals surface area (Å²) in [6.07, 6.45) is 0.588. The summed E-state index contributed by atoms with van der Waals surface area (Å²) in [5.41, 5.74) is 0.566. The molecule has 156 valence electrons. The van der Waals surface area contributed by atoms with Gasteiger partial charge in [-0.15, -0.1) is 0 Å². The zero-order valence-corrected chi connectivity index (χ0v) is 17.5. The summed E-state index contributed by atoms with van der Waals surface area (Å²) in [5.74, 6) is 1.01. The maximum absolute atomic E-state index is 12.5. The summed E-state index contributed by atoms with van der Waals surface area (Å²) in [4.78, 5) is 12.6. The molecule has 3 aromatic carbocycles. The molecule has 0 fully saturated rings. The Hall–Kier alpha value is -3.16. The van der Waals surface area contributed by atoms with Gasteiger partial charge in [0, 0.05) is 20.0 Å². The molecule has 0 bridgehead atoms. The fourth-order valence-corrected chi connectivity index (χ4v) is 4.07. The van der Waals surface area contributed by atoms with Crippen LogP contribution < -0.4 is 10.1 Å². The topological polar surface area (TPSA) is 75.7 Å². The van der Waals surface area contributed by atoms with Crippen LogP contribution in [0.15, 0.2) is 89.8 Å². The molecule has 0 radical (unpaired) electrons. The first-order valence-corrected chi connectivity index (χ1v) is 11.0. The van der Waals surface area contributed by atoms with Gasteiger partial charge in [-0.25, -0.2) is 12.7 Å². The van der Waals surface area contributed by atoms with Gasteiger partial charge in [0.15, 0.2) is 5.75 Å².